The van der Waals surface area contributed by atoms with Gasteiger partial charge >= 0.3 is 0 Å². The number of hydrogen-bond donors (Lipinski definition) is 1. The maximum atomic E-state index is 4.51. The Hall–Kier alpha value is -0.770. The molecule has 2 heterocycles. The molecule has 2 rings (SSSR count). The summed E-state index contributed by atoms with van der Waals surface area (Å²) in [6, 6.07) is 0. The monoisotopic (exact) mass is 294 g/mol. The fourth-order valence-corrected chi connectivity index (χ4v) is 3.53. The molecule has 2 saturated heterocycles. The van der Waals surface area contributed by atoms with Crippen LogP contribution in [0.2, 0.25) is 0 Å². The Balaban J connectivity index is 1.83. The van der Waals surface area contributed by atoms with Crippen molar-refractivity contribution in [1.82, 2.24) is 15.1 Å². The standard InChI is InChI=1S/C17H34N4/c1-7-9-20-10-8-14(12-20)11-19-15(18-6)21-13-16(2,3)17(21,4)5/h14H,7-13H2,1-6H3,(H,18,19). The lowest BCUT2D eigenvalue weighted by atomic mass is 9.65. The number of aliphatic imine (C=N–C) groups is 1. The maximum Gasteiger partial charge on any atom is 0.194 e. The van der Waals surface area contributed by atoms with E-state index in [0.29, 0.717) is 5.41 Å². The summed E-state index contributed by atoms with van der Waals surface area (Å²) in [5, 5.41) is 3.62. The molecular weight excluding hydrogens is 260 g/mol. The SMILES string of the molecule is CCCN1CCC(CNC(=NC)N2CC(C)(C)C2(C)C)C1. The van der Waals surface area contributed by atoms with Gasteiger partial charge in [-0.05, 0) is 45.7 Å². The molecule has 0 aromatic heterocycles. The van der Waals surface area contributed by atoms with Crippen molar-refractivity contribution >= 4 is 5.96 Å². The molecule has 0 aliphatic carbocycles. The van der Waals surface area contributed by atoms with Gasteiger partial charge in [0.05, 0.1) is 0 Å². The van der Waals surface area contributed by atoms with Gasteiger partial charge in [0.1, 0.15) is 0 Å². The van der Waals surface area contributed by atoms with Crippen molar-refractivity contribution in [3.63, 3.8) is 0 Å². The minimum atomic E-state index is 0.179. The van der Waals surface area contributed by atoms with Crippen molar-refractivity contribution in [2.24, 2.45) is 16.3 Å². The van der Waals surface area contributed by atoms with Crippen molar-refractivity contribution in [3.8, 4) is 0 Å². The molecule has 4 heteroatoms. The van der Waals surface area contributed by atoms with E-state index in [9.17, 15) is 0 Å². The van der Waals surface area contributed by atoms with E-state index in [1.54, 1.807) is 0 Å². The number of likely N-dealkylation sites (tertiary alicyclic amines) is 2. The fraction of sp³-hybridized carbons (Fsp3) is 0.941. The number of guanidine groups is 1. The van der Waals surface area contributed by atoms with Crippen LogP contribution in [0.1, 0.15) is 47.5 Å². The molecule has 2 fully saturated rings. The van der Waals surface area contributed by atoms with Gasteiger partial charge in [0.25, 0.3) is 0 Å². The highest BCUT2D eigenvalue weighted by atomic mass is 15.4. The molecule has 0 aromatic carbocycles. The summed E-state index contributed by atoms with van der Waals surface area (Å²) in [5.74, 6) is 1.85. The summed E-state index contributed by atoms with van der Waals surface area (Å²) in [7, 11) is 1.90. The summed E-state index contributed by atoms with van der Waals surface area (Å²) in [6.45, 7) is 17.5. The van der Waals surface area contributed by atoms with E-state index in [1.165, 1.54) is 32.5 Å². The normalized spacial score (nSPS) is 28.6. The Labute approximate surface area is 131 Å². The number of nitrogens with one attached hydrogen (secondary N) is 1. The van der Waals surface area contributed by atoms with Gasteiger partial charge in [-0.2, -0.15) is 0 Å². The van der Waals surface area contributed by atoms with Gasteiger partial charge in [-0.15, -0.1) is 0 Å². The highest BCUT2D eigenvalue weighted by Crippen LogP contribution is 2.46. The second-order valence-electron chi connectivity index (χ2n) is 7.91. The van der Waals surface area contributed by atoms with Crippen LogP contribution in [0.4, 0.5) is 0 Å². The van der Waals surface area contributed by atoms with E-state index in [2.05, 4.69) is 54.7 Å². The Morgan fingerprint density at radius 2 is 2.00 bits per heavy atom. The van der Waals surface area contributed by atoms with Crippen LogP contribution in [0.5, 0.6) is 0 Å². The van der Waals surface area contributed by atoms with Crippen molar-refractivity contribution < 1.29 is 0 Å². The highest BCUT2D eigenvalue weighted by Gasteiger charge is 2.53. The first-order chi connectivity index (χ1) is 9.81. The first kappa shape index (κ1) is 16.6. The van der Waals surface area contributed by atoms with Gasteiger partial charge in [-0.1, -0.05) is 20.8 Å². The molecule has 4 nitrogen and oxygen atoms in total. The molecule has 21 heavy (non-hydrogen) atoms. The predicted octanol–water partition coefficient (Wildman–Crippen LogP) is 2.41. The van der Waals surface area contributed by atoms with Gasteiger partial charge in [0.15, 0.2) is 5.96 Å². The van der Waals surface area contributed by atoms with E-state index >= 15 is 0 Å². The highest BCUT2D eigenvalue weighted by molar-refractivity contribution is 5.82. The third-order valence-electron chi connectivity index (χ3n) is 5.81. The number of rotatable bonds is 4. The van der Waals surface area contributed by atoms with E-state index in [0.717, 1.165) is 25.0 Å². The Kier molecular flexibility index (Phi) is 4.86. The summed E-state index contributed by atoms with van der Waals surface area (Å²) < 4.78 is 0. The molecule has 2 aliphatic heterocycles. The van der Waals surface area contributed by atoms with Crippen LogP contribution in [0, 0.1) is 11.3 Å². The average molecular weight is 294 g/mol. The summed E-state index contributed by atoms with van der Waals surface area (Å²) in [6.07, 6.45) is 2.58. The van der Waals surface area contributed by atoms with Crippen molar-refractivity contribution in [2.75, 3.05) is 39.8 Å². The van der Waals surface area contributed by atoms with Gasteiger partial charge in [0.2, 0.25) is 0 Å². The topological polar surface area (TPSA) is 30.9 Å². The largest absolute Gasteiger partial charge is 0.356 e. The van der Waals surface area contributed by atoms with E-state index in [1.807, 2.05) is 7.05 Å². The smallest absolute Gasteiger partial charge is 0.194 e. The maximum absolute atomic E-state index is 4.51. The molecule has 1 N–H and O–H groups in total. The molecule has 122 valence electrons. The predicted molar refractivity (Wildman–Crippen MR) is 90.8 cm³/mol. The van der Waals surface area contributed by atoms with E-state index < -0.39 is 0 Å². The first-order valence-corrected chi connectivity index (χ1v) is 8.52. The minimum absolute atomic E-state index is 0.179. The molecule has 0 amide bonds. The van der Waals surface area contributed by atoms with E-state index in [4.69, 9.17) is 0 Å². The molecular formula is C17H34N4. The molecule has 1 unspecified atom stereocenters. The molecule has 0 saturated carbocycles. The van der Waals surface area contributed by atoms with Gasteiger partial charge < -0.3 is 15.1 Å². The van der Waals surface area contributed by atoms with Gasteiger partial charge in [-0.25, -0.2) is 0 Å². The van der Waals surface area contributed by atoms with Crippen LogP contribution in [0.3, 0.4) is 0 Å². The minimum Gasteiger partial charge on any atom is -0.356 e. The summed E-state index contributed by atoms with van der Waals surface area (Å²) >= 11 is 0. The zero-order valence-electron chi connectivity index (χ0n) is 14.9. The molecule has 1 atom stereocenters. The first-order valence-electron chi connectivity index (χ1n) is 8.52. The van der Waals surface area contributed by atoms with Gasteiger partial charge in [-0.3, -0.25) is 4.99 Å². The van der Waals surface area contributed by atoms with Crippen LogP contribution in [0.25, 0.3) is 0 Å². The third kappa shape index (κ3) is 3.20. The Morgan fingerprint density at radius 3 is 2.52 bits per heavy atom. The third-order valence-corrected chi connectivity index (χ3v) is 5.81. The molecule has 0 bridgehead atoms. The zero-order chi connectivity index (χ0) is 15.7. The molecule has 2 aliphatic rings. The molecule has 0 spiro atoms. The summed E-state index contributed by atoms with van der Waals surface area (Å²) in [4.78, 5) is 9.52. The van der Waals surface area contributed by atoms with Crippen molar-refractivity contribution in [1.29, 1.82) is 0 Å². The van der Waals surface area contributed by atoms with Crippen LogP contribution < -0.4 is 5.32 Å². The lowest BCUT2D eigenvalue weighted by molar-refractivity contribution is -0.0668. The van der Waals surface area contributed by atoms with E-state index in [-0.39, 0.29) is 5.54 Å². The second-order valence-corrected chi connectivity index (χ2v) is 7.91. The summed E-state index contributed by atoms with van der Waals surface area (Å²) in [5.41, 5.74) is 0.536. The molecule has 0 radical (unpaired) electrons. The number of hydrogen-bond acceptors (Lipinski definition) is 2. The average Bonchev–Trinajstić information content (AvgIpc) is 2.86. The van der Waals surface area contributed by atoms with Crippen molar-refractivity contribution in [2.45, 2.75) is 53.0 Å². The Morgan fingerprint density at radius 1 is 1.29 bits per heavy atom. The van der Waals surface area contributed by atoms with Crippen LogP contribution in [-0.2, 0) is 0 Å². The van der Waals surface area contributed by atoms with Crippen LogP contribution >= 0.6 is 0 Å². The van der Waals surface area contributed by atoms with Gasteiger partial charge in [0, 0.05) is 37.6 Å². The molecule has 0 aromatic rings. The zero-order valence-corrected chi connectivity index (χ0v) is 14.9. The second kappa shape index (κ2) is 6.15. The number of nitrogens with zero attached hydrogens (tertiary/aromatic N) is 3. The lowest BCUT2D eigenvalue weighted by Crippen LogP contribution is -2.72. The lowest BCUT2D eigenvalue weighted by Gasteiger charge is -2.62. The fourth-order valence-electron chi connectivity index (χ4n) is 3.53. The quantitative estimate of drug-likeness (QED) is 0.638. The Bertz CT molecular complexity index is 386. The van der Waals surface area contributed by atoms with Crippen molar-refractivity contribution in [3.05, 3.63) is 0 Å². The van der Waals surface area contributed by atoms with Crippen LogP contribution in [-0.4, -0.2) is 61.1 Å². The van der Waals surface area contributed by atoms with Crippen LogP contribution in [0.15, 0.2) is 4.99 Å².